The van der Waals surface area contributed by atoms with Gasteiger partial charge in [-0.05, 0) is 36.6 Å². The molecule has 2 heterocycles. The Kier molecular flexibility index (Phi) is 4.90. The number of benzene rings is 1. The minimum absolute atomic E-state index is 0.0152. The highest BCUT2D eigenvalue weighted by atomic mass is 19.4. The van der Waals surface area contributed by atoms with Gasteiger partial charge in [-0.2, -0.15) is 31.4 Å². The number of hydrogen-bond acceptors (Lipinski definition) is 2. The number of aromatic nitrogens is 4. The summed E-state index contributed by atoms with van der Waals surface area (Å²) in [5.41, 5.74) is -0.988. The molecule has 0 saturated heterocycles. The van der Waals surface area contributed by atoms with Crippen LogP contribution in [0.15, 0.2) is 48.9 Å². The van der Waals surface area contributed by atoms with Crippen LogP contribution in [0.4, 0.5) is 26.3 Å². The van der Waals surface area contributed by atoms with Crippen LogP contribution in [-0.4, -0.2) is 32.1 Å². The van der Waals surface area contributed by atoms with Gasteiger partial charge in [-0.25, -0.2) is 9.67 Å². The monoisotopic (exact) mass is 428 g/mol. The van der Waals surface area contributed by atoms with E-state index in [0.717, 1.165) is 0 Å². The fourth-order valence-electron chi connectivity index (χ4n) is 3.55. The third-order valence-electron chi connectivity index (χ3n) is 5.52. The van der Waals surface area contributed by atoms with Crippen LogP contribution in [-0.2, 0) is 12.8 Å². The number of rotatable bonds is 6. The van der Waals surface area contributed by atoms with Crippen molar-refractivity contribution in [2.45, 2.75) is 44.0 Å². The molecule has 30 heavy (non-hydrogen) atoms. The number of alkyl halides is 6. The molecule has 4 nitrogen and oxygen atoms in total. The van der Waals surface area contributed by atoms with Gasteiger partial charge in [0.2, 0.25) is 0 Å². The van der Waals surface area contributed by atoms with Crippen molar-refractivity contribution in [3.63, 3.8) is 0 Å². The molecule has 1 N–H and O–H groups in total. The summed E-state index contributed by atoms with van der Waals surface area (Å²) in [5.74, 6) is -1.82. The Hall–Kier alpha value is -2.78. The molecule has 0 spiro atoms. The summed E-state index contributed by atoms with van der Waals surface area (Å²) in [6.45, 7) is 0. The predicted octanol–water partition coefficient (Wildman–Crippen LogP) is 5.37. The average Bonchev–Trinajstić information content (AvgIpc) is 3.07. The summed E-state index contributed by atoms with van der Waals surface area (Å²) in [6.07, 6.45) is -5.12. The molecule has 1 fully saturated rings. The summed E-state index contributed by atoms with van der Waals surface area (Å²) in [5, 5.41) is 4.03. The maximum Gasteiger partial charge on any atom is 0.396 e. The van der Waals surface area contributed by atoms with Gasteiger partial charge in [0.15, 0.2) is 0 Å². The fourth-order valence-corrected chi connectivity index (χ4v) is 3.55. The molecule has 0 aliphatic heterocycles. The number of nitrogens with one attached hydrogen (secondary N) is 1. The lowest BCUT2D eigenvalue weighted by atomic mass is 9.94. The molecule has 3 aromatic rings. The molecule has 0 unspecified atom stereocenters. The first kappa shape index (κ1) is 20.5. The van der Waals surface area contributed by atoms with Crippen LogP contribution in [0.2, 0.25) is 0 Å². The van der Waals surface area contributed by atoms with Crippen molar-refractivity contribution < 1.29 is 26.3 Å². The third kappa shape index (κ3) is 4.08. The largest absolute Gasteiger partial charge is 0.396 e. The summed E-state index contributed by atoms with van der Waals surface area (Å²) >= 11 is 0. The number of H-pyrrole nitrogens is 1. The quantitative estimate of drug-likeness (QED) is 0.537. The highest BCUT2D eigenvalue weighted by Crippen LogP contribution is 2.59. The lowest BCUT2D eigenvalue weighted by molar-refractivity contribution is -0.186. The van der Waals surface area contributed by atoms with E-state index in [2.05, 4.69) is 15.1 Å². The first-order chi connectivity index (χ1) is 14.1. The molecular formula is C20H18F6N4. The number of halogens is 6. The zero-order valence-corrected chi connectivity index (χ0v) is 15.6. The lowest BCUT2D eigenvalue weighted by Gasteiger charge is -2.20. The Labute approximate surface area is 167 Å². The van der Waals surface area contributed by atoms with Crippen LogP contribution in [0.1, 0.15) is 35.8 Å². The number of hydrogen-bond donors (Lipinski definition) is 1. The second kappa shape index (κ2) is 7.17. The Morgan fingerprint density at radius 2 is 1.77 bits per heavy atom. The third-order valence-corrected chi connectivity index (χ3v) is 5.52. The van der Waals surface area contributed by atoms with E-state index in [-0.39, 0.29) is 36.3 Å². The zero-order valence-electron chi connectivity index (χ0n) is 15.6. The van der Waals surface area contributed by atoms with Gasteiger partial charge in [0.25, 0.3) is 0 Å². The Morgan fingerprint density at radius 1 is 1.07 bits per heavy atom. The van der Waals surface area contributed by atoms with Crippen LogP contribution in [0.3, 0.4) is 0 Å². The molecule has 160 valence electrons. The average molecular weight is 428 g/mol. The maximum absolute atomic E-state index is 13.7. The van der Waals surface area contributed by atoms with Crippen LogP contribution < -0.4 is 0 Å². The molecule has 10 heteroatoms. The summed E-state index contributed by atoms with van der Waals surface area (Å²) in [6, 6.07) is 7.53. The molecule has 1 aliphatic carbocycles. The lowest BCUT2D eigenvalue weighted by Crippen LogP contribution is -2.26. The predicted molar refractivity (Wildman–Crippen MR) is 96.1 cm³/mol. The smallest absolute Gasteiger partial charge is 0.348 e. The Bertz CT molecular complexity index is 982. The van der Waals surface area contributed by atoms with E-state index in [0.29, 0.717) is 5.69 Å². The molecule has 0 amide bonds. The molecule has 4 rings (SSSR count). The maximum atomic E-state index is 13.7. The first-order valence-corrected chi connectivity index (χ1v) is 9.34. The summed E-state index contributed by atoms with van der Waals surface area (Å²) in [4.78, 5) is 6.64. The van der Waals surface area contributed by atoms with Gasteiger partial charge in [-0.15, -0.1) is 0 Å². The highest BCUT2D eigenvalue weighted by molar-refractivity contribution is 5.36. The van der Waals surface area contributed by atoms with Crippen LogP contribution in [0.25, 0.3) is 5.69 Å². The fraction of sp³-hybridized carbons (Fsp3) is 0.400. The van der Waals surface area contributed by atoms with Crippen LogP contribution in [0, 0.1) is 5.41 Å². The van der Waals surface area contributed by atoms with Crippen molar-refractivity contribution in [2.75, 3.05) is 0 Å². The van der Waals surface area contributed by atoms with Gasteiger partial charge in [-0.1, -0.05) is 12.1 Å². The van der Waals surface area contributed by atoms with E-state index in [1.165, 1.54) is 35.1 Å². The van der Waals surface area contributed by atoms with Gasteiger partial charge < -0.3 is 4.98 Å². The van der Waals surface area contributed by atoms with Crippen molar-refractivity contribution in [1.82, 2.24) is 19.7 Å². The van der Waals surface area contributed by atoms with E-state index in [1.54, 1.807) is 18.5 Å². The van der Waals surface area contributed by atoms with Crippen LogP contribution in [0.5, 0.6) is 0 Å². The summed E-state index contributed by atoms with van der Waals surface area (Å²) < 4.78 is 82.0. The Morgan fingerprint density at radius 3 is 2.30 bits per heavy atom. The van der Waals surface area contributed by atoms with Crippen molar-refractivity contribution in [3.05, 3.63) is 66.0 Å². The topological polar surface area (TPSA) is 46.5 Å². The van der Waals surface area contributed by atoms with E-state index in [4.69, 9.17) is 0 Å². The zero-order chi connectivity index (χ0) is 21.6. The molecule has 2 aromatic heterocycles. The Balaban J connectivity index is 1.51. The van der Waals surface area contributed by atoms with Crippen molar-refractivity contribution in [1.29, 1.82) is 0 Å². The summed E-state index contributed by atoms with van der Waals surface area (Å²) in [7, 11) is 0. The normalized spacial score (nSPS) is 17.1. The molecule has 0 radical (unpaired) electrons. The second-order valence-electron chi connectivity index (χ2n) is 7.63. The van der Waals surface area contributed by atoms with Gasteiger partial charge in [0.05, 0.1) is 22.7 Å². The van der Waals surface area contributed by atoms with Gasteiger partial charge >= 0.3 is 12.4 Å². The van der Waals surface area contributed by atoms with Gasteiger partial charge in [0, 0.05) is 31.4 Å². The minimum Gasteiger partial charge on any atom is -0.348 e. The minimum atomic E-state index is -4.54. The van der Waals surface area contributed by atoms with Crippen molar-refractivity contribution in [2.24, 2.45) is 5.41 Å². The first-order valence-electron chi connectivity index (χ1n) is 9.34. The number of aromatic amines is 1. The SMILES string of the molecule is FC(F)(F)[C@@H](Cc1nc(CC2(C(F)(F)F)CC2)c[nH]1)c1ccc(-n2cccn2)cc1. The molecule has 1 saturated carbocycles. The highest BCUT2D eigenvalue weighted by Gasteiger charge is 2.63. The van der Waals surface area contributed by atoms with E-state index in [9.17, 15) is 26.3 Å². The standard InChI is InChI=1S/C20H18F6N4/c21-19(22,23)16(13-2-4-15(5-3-13)30-9-1-8-28-30)10-17-27-12-14(29-17)11-18(6-7-18)20(24,25)26/h1-5,8-9,12,16H,6-7,10-11H2,(H,27,29)/t16-/m0/s1. The molecule has 0 bridgehead atoms. The van der Waals surface area contributed by atoms with E-state index < -0.39 is 30.1 Å². The second-order valence-corrected chi connectivity index (χ2v) is 7.63. The molecule has 1 aromatic carbocycles. The van der Waals surface area contributed by atoms with Gasteiger partial charge in [-0.3, -0.25) is 0 Å². The molecule has 1 aliphatic rings. The van der Waals surface area contributed by atoms with Gasteiger partial charge in [0.1, 0.15) is 5.82 Å². The van der Waals surface area contributed by atoms with E-state index >= 15 is 0 Å². The number of imidazole rings is 1. The van der Waals surface area contributed by atoms with Crippen molar-refractivity contribution >= 4 is 0 Å². The van der Waals surface area contributed by atoms with Crippen LogP contribution >= 0.6 is 0 Å². The van der Waals surface area contributed by atoms with Crippen molar-refractivity contribution in [3.8, 4) is 5.69 Å². The molecular weight excluding hydrogens is 410 g/mol. The number of nitrogens with zero attached hydrogens (tertiary/aromatic N) is 3. The molecule has 1 atom stereocenters. The van der Waals surface area contributed by atoms with E-state index in [1.807, 2.05) is 0 Å².